The maximum absolute atomic E-state index is 13.2. The monoisotopic (exact) mass is 469 g/mol. The number of carbonyl (C=O) groups is 2. The number of nitrogens with one attached hydrogen (secondary N) is 3. The molecule has 4 rings (SSSR count). The number of likely N-dealkylation sites (N-methyl/N-ethyl adjacent to an activating group) is 1. The van der Waals surface area contributed by atoms with Crippen LogP contribution in [0, 0.1) is 0 Å². The van der Waals surface area contributed by atoms with Gasteiger partial charge in [0.1, 0.15) is 22.9 Å². The molecular formula is C21H24ClN9O2. The number of allylic oxidation sites excluding steroid dienone is 2. The lowest BCUT2D eigenvalue weighted by Crippen LogP contribution is -2.31. The van der Waals surface area contributed by atoms with Gasteiger partial charge in [0.2, 0.25) is 0 Å². The molecular weight excluding hydrogens is 446 g/mol. The summed E-state index contributed by atoms with van der Waals surface area (Å²) in [5.41, 5.74) is 0.814. The molecule has 2 amide bonds. The van der Waals surface area contributed by atoms with E-state index in [1.54, 1.807) is 44.2 Å². The molecule has 3 aromatic heterocycles. The van der Waals surface area contributed by atoms with E-state index in [1.165, 1.54) is 21.7 Å². The summed E-state index contributed by atoms with van der Waals surface area (Å²) < 4.78 is 3.12. The van der Waals surface area contributed by atoms with E-state index in [-0.39, 0.29) is 22.7 Å². The molecule has 33 heavy (non-hydrogen) atoms. The first-order valence-corrected chi connectivity index (χ1v) is 10.6. The maximum Gasteiger partial charge on any atom is 0.275 e. The first kappa shape index (κ1) is 22.3. The third-order valence-electron chi connectivity index (χ3n) is 5.03. The number of halogens is 1. The van der Waals surface area contributed by atoms with Crippen molar-refractivity contribution in [2.75, 3.05) is 29.6 Å². The molecule has 0 atom stereocenters. The predicted molar refractivity (Wildman–Crippen MR) is 126 cm³/mol. The molecule has 0 radical (unpaired) electrons. The Labute approximate surface area is 195 Å². The first-order valence-electron chi connectivity index (χ1n) is 10.2. The molecule has 0 aliphatic heterocycles. The van der Waals surface area contributed by atoms with Gasteiger partial charge < -0.3 is 16.0 Å². The third-order valence-corrected chi connectivity index (χ3v) is 5.14. The number of hydrogen-bond donors (Lipinski definition) is 3. The van der Waals surface area contributed by atoms with Crippen molar-refractivity contribution in [1.29, 1.82) is 0 Å². The predicted octanol–water partition coefficient (Wildman–Crippen LogP) is 2.11. The van der Waals surface area contributed by atoms with Crippen molar-refractivity contribution in [1.82, 2.24) is 29.7 Å². The van der Waals surface area contributed by atoms with Gasteiger partial charge >= 0.3 is 0 Å². The van der Waals surface area contributed by atoms with Gasteiger partial charge in [0.05, 0.1) is 6.20 Å². The minimum absolute atomic E-state index is 0.130. The van der Waals surface area contributed by atoms with Crippen LogP contribution in [0.15, 0.2) is 47.9 Å². The van der Waals surface area contributed by atoms with E-state index in [1.807, 2.05) is 0 Å². The van der Waals surface area contributed by atoms with Crippen molar-refractivity contribution in [3.8, 4) is 0 Å². The number of nitrogens with zero attached hydrogens (tertiary/aromatic N) is 6. The lowest BCUT2D eigenvalue weighted by Gasteiger charge is -2.18. The molecule has 0 saturated heterocycles. The van der Waals surface area contributed by atoms with E-state index >= 15 is 0 Å². The smallest absolute Gasteiger partial charge is 0.275 e. The third kappa shape index (κ3) is 4.82. The molecule has 0 bridgehead atoms. The Morgan fingerprint density at radius 2 is 2.12 bits per heavy atom. The fraction of sp³-hybridized carbons (Fsp3) is 0.286. The average Bonchev–Trinajstić information content (AvgIpc) is 3.31. The highest BCUT2D eigenvalue weighted by Gasteiger charge is 2.26. The number of hydrogen-bond acceptors (Lipinski definition) is 7. The number of anilines is 3. The van der Waals surface area contributed by atoms with Crippen LogP contribution >= 0.6 is 11.6 Å². The van der Waals surface area contributed by atoms with Crippen LogP contribution in [0.3, 0.4) is 0 Å². The molecule has 12 heteroatoms. The molecule has 0 unspecified atom stereocenters. The van der Waals surface area contributed by atoms with Gasteiger partial charge in [0.15, 0.2) is 11.5 Å². The number of aryl methyl sites for hydroxylation is 1. The van der Waals surface area contributed by atoms with Gasteiger partial charge in [-0.05, 0) is 18.9 Å². The SMILES string of the molecule is C=C(Cl)/C=C(/Nc1cc(NC)n2ncc(C(=O)NC3CC3)c2n1)C(=O)N(C)c1ccn(C)n1. The quantitative estimate of drug-likeness (QED) is 0.341. The molecule has 1 fully saturated rings. The normalized spacial score (nSPS) is 13.6. The Bertz CT molecular complexity index is 1270. The number of fused-ring (bicyclic) bond motifs is 1. The zero-order valence-electron chi connectivity index (χ0n) is 18.5. The summed E-state index contributed by atoms with van der Waals surface area (Å²) >= 11 is 5.99. The van der Waals surface area contributed by atoms with E-state index in [0.717, 1.165) is 12.8 Å². The summed E-state index contributed by atoms with van der Waals surface area (Å²) in [5, 5.41) is 17.7. The second kappa shape index (κ2) is 8.94. The van der Waals surface area contributed by atoms with Crippen molar-refractivity contribution in [2.45, 2.75) is 18.9 Å². The molecule has 0 spiro atoms. The van der Waals surface area contributed by atoms with E-state index in [4.69, 9.17) is 11.6 Å². The van der Waals surface area contributed by atoms with E-state index < -0.39 is 5.91 Å². The van der Waals surface area contributed by atoms with Gasteiger partial charge in [0, 0.05) is 50.5 Å². The van der Waals surface area contributed by atoms with Crippen LogP contribution < -0.4 is 20.9 Å². The molecule has 3 heterocycles. The van der Waals surface area contributed by atoms with E-state index in [2.05, 4.69) is 37.7 Å². The van der Waals surface area contributed by atoms with Crippen LogP contribution in [-0.2, 0) is 11.8 Å². The highest BCUT2D eigenvalue weighted by molar-refractivity contribution is 6.31. The molecule has 1 aliphatic rings. The molecule has 1 saturated carbocycles. The topological polar surface area (TPSA) is 121 Å². The summed E-state index contributed by atoms with van der Waals surface area (Å²) in [4.78, 5) is 31.8. The van der Waals surface area contributed by atoms with Crippen molar-refractivity contribution in [3.05, 3.63) is 53.5 Å². The molecule has 11 nitrogen and oxygen atoms in total. The second-order valence-corrected chi connectivity index (χ2v) is 8.15. The van der Waals surface area contributed by atoms with Crippen LogP contribution in [0.25, 0.3) is 5.65 Å². The summed E-state index contributed by atoms with van der Waals surface area (Å²) in [6.07, 6.45) is 6.55. The standard InChI is InChI=1S/C21H24ClN9O2/c1-12(22)9-15(21(33)30(4)17-7-8-29(3)28-17)26-16-10-18(23-2)31-19(27-16)14(11-24-31)20(32)25-13-5-6-13/h7-11,13,23H,1,5-6H2,2-4H3,(H,25,32)(H,26,27)/b15-9+. The number of amides is 2. The van der Waals surface area contributed by atoms with Crippen LogP contribution in [0.2, 0.25) is 0 Å². The van der Waals surface area contributed by atoms with Crippen molar-refractivity contribution < 1.29 is 9.59 Å². The minimum atomic E-state index is -0.400. The Balaban J connectivity index is 1.68. The molecule has 3 N–H and O–H groups in total. The fourth-order valence-corrected chi connectivity index (χ4v) is 3.28. The zero-order valence-corrected chi connectivity index (χ0v) is 19.2. The number of aromatic nitrogens is 5. The van der Waals surface area contributed by atoms with Gasteiger partial charge in [-0.3, -0.25) is 19.2 Å². The van der Waals surface area contributed by atoms with Crippen molar-refractivity contribution in [3.63, 3.8) is 0 Å². The molecule has 0 aromatic carbocycles. The maximum atomic E-state index is 13.2. The van der Waals surface area contributed by atoms with Crippen molar-refractivity contribution >= 4 is 46.5 Å². The lowest BCUT2D eigenvalue weighted by molar-refractivity contribution is -0.114. The fourth-order valence-electron chi connectivity index (χ4n) is 3.17. The van der Waals surface area contributed by atoms with E-state index in [0.29, 0.717) is 28.7 Å². The summed E-state index contributed by atoms with van der Waals surface area (Å²) in [6.45, 7) is 3.66. The zero-order chi connectivity index (χ0) is 23.7. The first-order chi connectivity index (χ1) is 15.8. The number of carbonyl (C=O) groups excluding carboxylic acids is 2. The average molecular weight is 470 g/mol. The second-order valence-electron chi connectivity index (χ2n) is 7.66. The van der Waals surface area contributed by atoms with E-state index in [9.17, 15) is 9.59 Å². The van der Waals surface area contributed by atoms with Crippen LogP contribution in [0.5, 0.6) is 0 Å². The molecule has 1 aliphatic carbocycles. The van der Waals surface area contributed by atoms with Gasteiger partial charge in [0.25, 0.3) is 11.8 Å². The number of rotatable bonds is 8. The van der Waals surface area contributed by atoms with Crippen molar-refractivity contribution in [2.24, 2.45) is 7.05 Å². The molecule has 172 valence electrons. The molecule has 3 aromatic rings. The Morgan fingerprint density at radius 3 is 2.73 bits per heavy atom. The van der Waals surface area contributed by atoms with Gasteiger partial charge in [-0.1, -0.05) is 18.2 Å². The van der Waals surface area contributed by atoms with Crippen LogP contribution in [0.4, 0.5) is 17.5 Å². The van der Waals surface area contributed by atoms with Gasteiger partial charge in [-0.25, -0.2) is 4.98 Å². The van der Waals surface area contributed by atoms with Crippen LogP contribution in [-0.4, -0.2) is 56.3 Å². The van der Waals surface area contributed by atoms with Gasteiger partial charge in [-0.15, -0.1) is 0 Å². The highest BCUT2D eigenvalue weighted by Crippen LogP contribution is 2.23. The Hall–Kier alpha value is -3.86. The lowest BCUT2D eigenvalue weighted by atomic mass is 10.3. The summed E-state index contributed by atoms with van der Waals surface area (Å²) in [5.74, 6) is 0.713. The largest absolute Gasteiger partial charge is 0.373 e. The minimum Gasteiger partial charge on any atom is -0.373 e. The van der Waals surface area contributed by atoms with Gasteiger partial charge in [-0.2, -0.15) is 14.7 Å². The Kier molecular flexibility index (Phi) is 6.05. The van der Waals surface area contributed by atoms with Crippen LogP contribution in [0.1, 0.15) is 23.2 Å². The highest BCUT2D eigenvalue weighted by atomic mass is 35.5. The summed E-state index contributed by atoms with van der Waals surface area (Å²) in [7, 11) is 5.09. The summed E-state index contributed by atoms with van der Waals surface area (Å²) in [6, 6.07) is 3.58. The Morgan fingerprint density at radius 1 is 1.36 bits per heavy atom.